The molecule has 0 aromatic heterocycles. The largest absolute Gasteiger partial charge is 0.397 e. The summed E-state index contributed by atoms with van der Waals surface area (Å²) in [5.41, 5.74) is 8.89. The number of nitrogens with two attached hydrogens (primary N) is 1. The van der Waals surface area contributed by atoms with Crippen molar-refractivity contribution >= 4 is 27.3 Å². The number of nitrogens with one attached hydrogen (secondary N) is 1. The predicted octanol–water partition coefficient (Wildman–Crippen LogP) is 4.54. The Balaban J connectivity index is 2.19. The van der Waals surface area contributed by atoms with Gasteiger partial charge in [-0.15, -0.1) is 0 Å². The maximum Gasteiger partial charge on any atom is 0.139 e. The van der Waals surface area contributed by atoms with Crippen molar-refractivity contribution < 1.29 is 8.78 Å². The highest BCUT2D eigenvalue weighted by molar-refractivity contribution is 9.10. The van der Waals surface area contributed by atoms with E-state index in [1.807, 2.05) is 0 Å². The zero-order valence-corrected chi connectivity index (χ0v) is 12.8. The molecule has 20 heavy (non-hydrogen) atoms. The first-order chi connectivity index (χ1) is 9.38. The van der Waals surface area contributed by atoms with Gasteiger partial charge in [-0.25, -0.2) is 8.78 Å². The van der Waals surface area contributed by atoms with Gasteiger partial charge in [0.25, 0.3) is 0 Å². The lowest BCUT2D eigenvalue weighted by Gasteiger charge is -2.12. The van der Waals surface area contributed by atoms with Crippen LogP contribution < -0.4 is 11.1 Å². The fourth-order valence-electron chi connectivity index (χ4n) is 2.05. The van der Waals surface area contributed by atoms with Crippen LogP contribution in [0.3, 0.4) is 0 Å². The Morgan fingerprint density at radius 1 is 1.10 bits per heavy atom. The number of benzene rings is 2. The Bertz CT molecular complexity index is 634. The molecular weight excluding hydrogens is 326 g/mol. The summed E-state index contributed by atoms with van der Waals surface area (Å²) in [6.45, 7) is 3.95. The second-order valence-corrected chi connectivity index (χ2v) is 5.61. The molecule has 0 radical (unpaired) electrons. The average Bonchev–Trinajstić information content (AvgIpc) is 2.38. The maximum atomic E-state index is 13.5. The number of hydrogen-bond donors (Lipinski definition) is 2. The van der Waals surface area contributed by atoms with Crippen LogP contribution in [0.25, 0.3) is 0 Å². The minimum atomic E-state index is -0.401. The van der Waals surface area contributed by atoms with Crippen molar-refractivity contribution in [2.24, 2.45) is 0 Å². The highest BCUT2D eigenvalue weighted by Crippen LogP contribution is 2.27. The van der Waals surface area contributed by atoms with E-state index >= 15 is 0 Å². The van der Waals surface area contributed by atoms with Crippen molar-refractivity contribution in [2.45, 2.75) is 20.4 Å². The minimum Gasteiger partial charge on any atom is -0.397 e. The van der Waals surface area contributed by atoms with Gasteiger partial charge in [0.2, 0.25) is 0 Å². The maximum absolute atomic E-state index is 13.5. The molecule has 0 fully saturated rings. The molecule has 0 spiro atoms. The summed E-state index contributed by atoms with van der Waals surface area (Å²) in [4.78, 5) is 0. The second kappa shape index (κ2) is 5.79. The number of rotatable bonds is 3. The molecule has 0 saturated heterocycles. The molecule has 106 valence electrons. The monoisotopic (exact) mass is 340 g/mol. The fraction of sp³-hybridized carbons (Fsp3) is 0.200. The third kappa shape index (κ3) is 3.10. The molecule has 0 aliphatic carbocycles. The zero-order chi connectivity index (χ0) is 14.9. The highest BCUT2D eigenvalue weighted by atomic mass is 79.9. The number of hydrogen-bond acceptors (Lipinski definition) is 2. The van der Waals surface area contributed by atoms with Crippen molar-refractivity contribution in [3.8, 4) is 0 Å². The van der Waals surface area contributed by atoms with Crippen molar-refractivity contribution in [3.63, 3.8) is 0 Å². The van der Waals surface area contributed by atoms with Gasteiger partial charge in [-0.2, -0.15) is 0 Å². The summed E-state index contributed by atoms with van der Waals surface area (Å²) >= 11 is 3.12. The lowest BCUT2D eigenvalue weighted by Crippen LogP contribution is -2.04. The molecule has 0 bridgehead atoms. The molecule has 2 aromatic carbocycles. The fourth-order valence-corrected chi connectivity index (χ4v) is 2.39. The first kappa shape index (κ1) is 14.8. The summed E-state index contributed by atoms with van der Waals surface area (Å²) in [6, 6.07) is 6.41. The lowest BCUT2D eigenvalue weighted by molar-refractivity contribution is 0.608. The molecular formula is C15H15BrF2N2. The van der Waals surface area contributed by atoms with E-state index in [0.717, 1.165) is 5.56 Å². The van der Waals surface area contributed by atoms with Crippen LogP contribution >= 0.6 is 15.9 Å². The number of nitrogen functional groups attached to an aromatic ring is 1. The molecule has 0 atom stereocenters. The van der Waals surface area contributed by atoms with Crippen molar-refractivity contribution in [3.05, 3.63) is 57.1 Å². The van der Waals surface area contributed by atoms with E-state index < -0.39 is 5.82 Å². The second-order valence-electron chi connectivity index (χ2n) is 4.75. The van der Waals surface area contributed by atoms with E-state index in [4.69, 9.17) is 5.73 Å². The molecule has 2 rings (SSSR count). The molecule has 0 unspecified atom stereocenters. The van der Waals surface area contributed by atoms with Crippen LogP contribution in [-0.2, 0) is 6.54 Å². The molecule has 0 heterocycles. The van der Waals surface area contributed by atoms with Crippen molar-refractivity contribution in [1.82, 2.24) is 0 Å². The summed E-state index contributed by atoms with van der Waals surface area (Å²) in [6.07, 6.45) is 0. The van der Waals surface area contributed by atoms with Gasteiger partial charge in [0.1, 0.15) is 11.6 Å². The standard InChI is InChI=1S/C15H15BrF2N2/c1-8-3-10(4-9(2)15(8)18)7-20-14-5-11(16)12(17)6-13(14)19/h3-6,20H,7,19H2,1-2H3. The summed E-state index contributed by atoms with van der Waals surface area (Å²) in [7, 11) is 0. The van der Waals surface area contributed by atoms with Crippen LogP contribution in [0.15, 0.2) is 28.7 Å². The summed E-state index contributed by atoms with van der Waals surface area (Å²) in [5.74, 6) is -0.584. The predicted molar refractivity (Wildman–Crippen MR) is 81.7 cm³/mol. The van der Waals surface area contributed by atoms with Crippen LogP contribution in [-0.4, -0.2) is 0 Å². The molecule has 2 aromatic rings. The van der Waals surface area contributed by atoms with E-state index in [2.05, 4.69) is 21.2 Å². The molecule has 0 amide bonds. The molecule has 3 N–H and O–H groups in total. The Labute approximate surface area is 125 Å². The molecule has 0 aliphatic heterocycles. The van der Waals surface area contributed by atoms with Gasteiger partial charge in [0.05, 0.1) is 15.8 Å². The SMILES string of the molecule is Cc1cc(CNc2cc(Br)c(F)cc2N)cc(C)c1F. The van der Waals surface area contributed by atoms with Gasteiger partial charge in [-0.3, -0.25) is 0 Å². The third-order valence-electron chi connectivity index (χ3n) is 3.07. The number of halogens is 3. The van der Waals surface area contributed by atoms with E-state index in [0.29, 0.717) is 33.5 Å². The van der Waals surface area contributed by atoms with E-state index in [1.165, 1.54) is 6.07 Å². The minimum absolute atomic E-state index is 0.183. The molecule has 0 saturated carbocycles. The number of aryl methyl sites for hydroxylation is 2. The molecule has 5 heteroatoms. The Hall–Kier alpha value is -1.62. The zero-order valence-electron chi connectivity index (χ0n) is 11.2. The van der Waals surface area contributed by atoms with Crippen molar-refractivity contribution in [1.29, 1.82) is 0 Å². The smallest absolute Gasteiger partial charge is 0.139 e. The van der Waals surface area contributed by atoms with E-state index in [9.17, 15) is 8.78 Å². The van der Waals surface area contributed by atoms with E-state index in [1.54, 1.807) is 32.0 Å². The normalized spacial score (nSPS) is 10.7. The van der Waals surface area contributed by atoms with Crippen LogP contribution in [0.2, 0.25) is 0 Å². The van der Waals surface area contributed by atoms with Gasteiger partial charge in [-0.1, -0.05) is 12.1 Å². The Kier molecular flexibility index (Phi) is 4.28. The quantitative estimate of drug-likeness (QED) is 0.805. The van der Waals surface area contributed by atoms with Crippen LogP contribution in [0.5, 0.6) is 0 Å². The van der Waals surface area contributed by atoms with Crippen LogP contribution in [0, 0.1) is 25.5 Å². The van der Waals surface area contributed by atoms with Crippen LogP contribution in [0.1, 0.15) is 16.7 Å². The van der Waals surface area contributed by atoms with Crippen molar-refractivity contribution in [2.75, 3.05) is 11.1 Å². The highest BCUT2D eigenvalue weighted by Gasteiger charge is 2.07. The molecule has 2 nitrogen and oxygen atoms in total. The van der Waals surface area contributed by atoms with Gasteiger partial charge in [-0.05, 0) is 52.5 Å². The number of anilines is 2. The summed E-state index contributed by atoms with van der Waals surface area (Å²) < 4.78 is 27.2. The van der Waals surface area contributed by atoms with Gasteiger partial charge >= 0.3 is 0 Å². The first-order valence-corrected chi connectivity index (χ1v) is 6.92. The summed E-state index contributed by atoms with van der Waals surface area (Å²) in [5, 5.41) is 3.13. The Morgan fingerprint density at radius 2 is 1.70 bits per heavy atom. The Morgan fingerprint density at radius 3 is 2.30 bits per heavy atom. The van der Waals surface area contributed by atoms with Gasteiger partial charge in [0.15, 0.2) is 0 Å². The van der Waals surface area contributed by atoms with Gasteiger partial charge < -0.3 is 11.1 Å². The average molecular weight is 341 g/mol. The van der Waals surface area contributed by atoms with E-state index in [-0.39, 0.29) is 5.82 Å². The van der Waals surface area contributed by atoms with Gasteiger partial charge in [0, 0.05) is 12.6 Å². The van der Waals surface area contributed by atoms with Crippen LogP contribution in [0.4, 0.5) is 20.2 Å². The first-order valence-electron chi connectivity index (χ1n) is 6.12. The molecule has 0 aliphatic rings. The third-order valence-corrected chi connectivity index (χ3v) is 3.68. The lowest BCUT2D eigenvalue weighted by atomic mass is 10.1. The topological polar surface area (TPSA) is 38.0 Å².